The molecule has 0 radical (unpaired) electrons. The normalized spacial score (nSPS) is 11.9. The lowest BCUT2D eigenvalue weighted by molar-refractivity contribution is -0.146. The van der Waals surface area contributed by atoms with Gasteiger partial charge in [-0.2, -0.15) is 0 Å². The van der Waals surface area contributed by atoms with E-state index in [1.165, 1.54) is 0 Å². The Morgan fingerprint density at radius 2 is 1.64 bits per heavy atom. The number of carbonyl (C=O) groups excluding carboxylic acids is 1. The summed E-state index contributed by atoms with van der Waals surface area (Å²) in [6.45, 7) is 0. The molecule has 9 heteroatoms. The number of carboxylic acids is 2. The van der Waals surface area contributed by atoms with Crippen LogP contribution in [0.3, 0.4) is 0 Å². The third-order valence-corrected chi connectivity index (χ3v) is 3.73. The second-order valence-corrected chi connectivity index (χ2v) is 5.85. The molecule has 0 bridgehead atoms. The zero-order valence-electron chi connectivity index (χ0n) is 15.0. The number of hydrogen-bond donors (Lipinski definition) is 3. The number of pyridine rings is 1. The van der Waals surface area contributed by atoms with Crippen molar-refractivity contribution in [1.29, 1.82) is 0 Å². The van der Waals surface area contributed by atoms with E-state index in [2.05, 4.69) is 15.0 Å². The molecule has 0 fully saturated rings. The maximum absolute atomic E-state index is 11.7. The van der Waals surface area contributed by atoms with E-state index in [9.17, 15) is 19.5 Å². The minimum absolute atomic E-state index is 0.0756. The summed E-state index contributed by atoms with van der Waals surface area (Å²) in [4.78, 5) is 37.8. The molecule has 1 heterocycles. The SMILES string of the molecule is O=C(O)CC[C@@](Cc1ccccc1)(NC(=O)OCCl)C(=O)O.c1ccncc1. The predicted molar refractivity (Wildman–Crippen MR) is 102 cm³/mol. The molecule has 1 amide bonds. The summed E-state index contributed by atoms with van der Waals surface area (Å²) in [5.41, 5.74) is -1.15. The van der Waals surface area contributed by atoms with Crippen molar-refractivity contribution in [3.8, 4) is 0 Å². The molecule has 28 heavy (non-hydrogen) atoms. The molecular weight excluding hydrogens is 388 g/mol. The van der Waals surface area contributed by atoms with Crippen LogP contribution < -0.4 is 5.32 Å². The van der Waals surface area contributed by atoms with Crippen LogP contribution in [0.25, 0.3) is 0 Å². The Morgan fingerprint density at radius 1 is 1.04 bits per heavy atom. The Hall–Kier alpha value is -3.13. The van der Waals surface area contributed by atoms with Gasteiger partial charge in [-0.05, 0) is 24.1 Å². The van der Waals surface area contributed by atoms with Crippen LogP contribution in [0, 0.1) is 0 Å². The molecule has 0 aliphatic heterocycles. The molecular formula is C19H21ClN2O6. The number of alkyl carbamates (subject to hydrolysis) is 1. The number of nitrogens with zero attached hydrogens (tertiary/aromatic N) is 1. The zero-order chi connectivity index (χ0) is 20.8. The Bertz CT molecular complexity index is 718. The molecule has 1 aromatic heterocycles. The van der Waals surface area contributed by atoms with E-state index in [-0.39, 0.29) is 12.8 Å². The van der Waals surface area contributed by atoms with Crippen molar-refractivity contribution in [2.45, 2.75) is 24.8 Å². The predicted octanol–water partition coefficient (Wildman–Crippen LogP) is 2.92. The summed E-state index contributed by atoms with van der Waals surface area (Å²) in [5, 5.41) is 20.5. The number of ether oxygens (including phenoxy) is 1. The molecule has 3 N–H and O–H groups in total. The van der Waals surface area contributed by atoms with Crippen molar-refractivity contribution in [2.75, 3.05) is 6.07 Å². The quantitative estimate of drug-likeness (QED) is 0.573. The maximum atomic E-state index is 11.7. The second-order valence-electron chi connectivity index (χ2n) is 5.63. The van der Waals surface area contributed by atoms with Gasteiger partial charge < -0.3 is 20.3 Å². The van der Waals surface area contributed by atoms with Gasteiger partial charge in [-0.1, -0.05) is 48.0 Å². The highest BCUT2D eigenvalue weighted by Crippen LogP contribution is 2.21. The van der Waals surface area contributed by atoms with Crippen molar-refractivity contribution in [3.63, 3.8) is 0 Å². The number of amides is 1. The first-order valence-corrected chi connectivity index (χ1v) is 8.78. The topological polar surface area (TPSA) is 126 Å². The van der Waals surface area contributed by atoms with Crippen LogP contribution in [-0.4, -0.2) is 44.8 Å². The monoisotopic (exact) mass is 408 g/mol. The lowest BCUT2D eigenvalue weighted by Crippen LogP contribution is -2.56. The van der Waals surface area contributed by atoms with Crippen LogP contribution in [0.1, 0.15) is 18.4 Å². The van der Waals surface area contributed by atoms with E-state index in [1.54, 1.807) is 42.7 Å². The average molecular weight is 409 g/mol. The van der Waals surface area contributed by atoms with Gasteiger partial charge in [0.05, 0.1) is 0 Å². The van der Waals surface area contributed by atoms with Crippen molar-refractivity contribution in [1.82, 2.24) is 10.3 Å². The minimum Gasteiger partial charge on any atom is -0.481 e. The zero-order valence-corrected chi connectivity index (χ0v) is 15.7. The highest BCUT2D eigenvalue weighted by molar-refractivity contribution is 6.17. The van der Waals surface area contributed by atoms with Crippen LogP contribution in [-0.2, 0) is 20.7 Å². The van der Waals surface area contributed by atoms with Crippen molar-refractivity contribution >= 4 is 29.6 Å². The van der Waals surface area contributed by atoms with Crippen LogP contribution in [0.2, 0.25) is 0 Å². The number of carboxylic acid groups (broad SMARTS) is 2. The summed E-state index contributed by atoms with van der Waals surface area (Å²) >= 11 is 5.27. The molecule has 1 aromatic carbocycles. The highest BCUT2D eigenvalue weighted by Gasteiger charge is 2.41. The van der Waals surface area contributed by atoms with Gasteiger partial charge in [0.1, 0.15) is 5.54 Å². The van der Waals surface area contributed by atoms with E-state index >= 15 is 0 Å². The van der Waals surface area contributed by atoms with Gasteiger partial charge in [0.2, 0.25) is 0 Å². The second kappa shape index (κ2) is 12.3. The Labute approximate surface area is 167 Å². The van der Waals surface area contributed by atoms with Crippen molar-refractivity contribution in [2.24, 2.45) is 0 Å². The largest absolute Gasteiger partial charge is 0.481 e. The molecule has 2 rings (SSSR count). The highest BCUT2D eigenvalue weighted by atomic mass is 35.5. The standard InChI is InChI=1S/C14H16ClNO6.C5H5N/c15-9-22-13(21)16-14(12(19)20,7-6-11(17)18)8-10-4-2-1-3-5-10;1-2-4-6-5-3-1/h1-5H,6-9H2,(H,16,21)(H,17,18)(H,19,20);1-5H/t14-;/m0./s1. The fourth-order valence-electron chi connectivity index (χ4n) is 2.29. The fraction of sp³-hybridized carbons (Fsp3) is 0.263. The molecule has 0 aliphatic carbocycles. The average Bonchev–Trinajstić information content (AvgIpc) is 2.69. The number of aliphatic carboxylic acids is 2. The van der Waals surface area contributed by atoms with Crippen LogP contribution in [0.5, 0.6) is 0 Å². The molecule has 150 valence electrons. The maximum Gasteiger partial charge on any atom is 0.409 e. The molecule has 1 atom stereocenters. The van der Waals surface area contributed by atoms with Crippen molar-refractivity contribution < 1.29 is 29.3 Å². The fourth-order valence-corrected chi connectivity index (χ4v) is 2.39. The number of rotatable bonds is 8. The molecule has 0 aliphatic rings. The number of benzene rings is 1. The molecule has 0 saturated carbocycles. The third kappa shape index (κ3) is 8.50. The number of hydrogen-bond acceptors (Lipinski definition) is 5. The first kappa shape index (κ1) is 22.9. The summed E-state index contributed by atoms with van der Waals surface area (Å²) < 4.78 is 4.50. The molecule has 8 nitrogen and oxygen atoms in total. The third-order valence-electron chi connectivity index (χ3n) is 3.62. The minimum atomic E-state index is -1.79. The van der Waals surface area contributed by atoms with Gasteiger partial charge in [-0.3, -0.25) is 9.78 Å². The van der Waals surface area contributed by atoms with E-state index < -0.39 is 36.1 Å². The molecule has 2 aromatic rings. The molecule has 0 saturated heterocycles. The summed E-state index contributed by atoms with van der Waals surface area (Å²) in [6, 6.07) is 13.9. The van der Waals surface area contributed by atoms with Crippen LogP contribution >= 0.6 is 11.6 Å². The van der Waals surface area contributed by atoms with Gasteiger partial charge in [-0.15, -0.1) is 0 Å². The van der Waals surface area contributed by atoms with Gasteiger partial charge in [0.25, 0.3) is 0 Å². The van der Waals surface area contributed by atoms with E-state index in [0.29, 0.717) is 5.56 Å². The number of halogens is 1. The Morgan fingerprint density at radius 3 is 2.07 bits per heavy atom. The molecule has 0 spiro atoms. The molecule has 0 unspecified atom stereocenters. The lowest BCUT2D eigenvalue weighted by atomic mass is 9.86. The van der Waals surface area contributed by atoms with Gasteiger partial charge >= 0.3 is 18.0 Å². The smallest absolute Gasteiger partial charge is 0.409 e. The van der Waals surface area contributed by atoms with E-state index in [1.807, 2.05) is 18.2 Å². The Kier molecular flexibility index (Phi) is 10.1. The van der Waals surface area contributed by atoms with Gasteiger partial charge in [-0.25, -0.2) is 9.59 Å². The van der Waals surface area contributed by atoms with Crippen LogP contribution in [0.4, 0.5) is 4.79 Å². The number of alkyl halides is 1. The van der Waals surface area contributed by atoms with Crippen LogP contribution in [0.15, 0.2) is 60.9 Å². The first-order chi connectivity index (χ1) is 13.4. The number of carbonyl (C=O) groups is 3. The van der Waals surface area contributed by atoms with E-state index in [0.717, 1.165) is 0 Å². The summed E-state index contributed by atoms with van der Waals surface area (Å²) in [7, 11) is 0. The first-order valence-electron chi connectivity index (χ1n) is 8.24. The van der Waals surface area contributed by atoms with Crippen molar-refractivity contribution in [3.05, 3.63) is 66.5 Å². The van der Waals surface area contributed by atoms with E-state index in [4.69, 9.17) is 16.7 Å². The summed E-state index contributed by atoms with van der Waals surface area (Å²) in [5.74, 6) is -2.50. The lowest BCUT2D eigenvalue weighted by Gasteiger charge is -2.29. The Balaban J connectivity index is 0.000000552. The number of aromatic nitrogens is 1. The van der Waals surface area contributed by atoms with Gasteiger partial charge in [0.15, 0.2) is 6.07 Å². The van der Waals surface area contributed by atoms with Gasteiger partial charge in [0, 0.05) is 25.2 Å². The summed E-state index contributed by atoms with van der Waals surface area (Å²) in [6.07, 6.45) is 1.71. The number of nitrogens with one attached hydrogen (secondary N) is 1.